The number of amides is 2. The molecule has 0 saturated carbocycles. The van der Waals surface area contributed by atoms with Crippen LogP contribution in [0.2, 0.25) is 0 Å². The lowest BCUT2D eigenvalue weighted by molar-refractivity contribution is -0.142. The number of hydrogen-bond acceptors (Lipinski definition) is 6. The Hall–Kier alpha value is -3.05. The largest absolute Gasteiger partial charge is 0.481 e. The van der Waals surface area contributed by atoms with Gasteiger partial charge in [0.1, 0.15) is 12.1 Å². The topological polar surface area (TPSA) is 175 Å². The van der Waals surface area contributed by atoms with Crippen LogP contribution in [0, 0.1) is 0 Å². The fourth-order valence-electron chi connectivity index (χ4n) is 3.06. The number of rotatable bonds is 12. The summed E-state index contributed by atoms with van der Waals surface area (Å²) >= 11 is 1.45. The van der Waals surface area contributed by atoms with E-state index >= 15 is 0 Å². The molecule has 31 heavy (non-hydrogen) atoms. The zero-order valence-corrected chi connectivity index (χ0v) is 17.8. The highest BCUT2D eigenvalue weighted by Crippen LogP contribution is 2.19. The summed E-state index contributed by atoms with van der Waals surface area (Å²) < 4.78 is 0. The number of aromatic nitrogens is 1. The molecule has 11 heteroatoms. The zero-order chi connectivity index (χ0) is 23.0. The van der Waals surface area contributed by atoms with Crippen molar-refractivity contribution in [3.05, 3.63) is 36.0 Å². The standard InChI is InChI=1S/C20H26N4O6S/c1-31-7-6-15(23-18(27)13(21)9-17(25)26)19(28)24-16(20(29)30)8-11-10-22-14-5-3-2-4-12(11)14/h2-5,10,13,15-16,22H,6-9,21H2,1H3,(H,23,27)(H,24,28)(H,25,26)(H,29,30). The number of aliphatic carboxylic acids is 2. The normalized spacial score (nSPS) is 13.9. The van der Waals surface area contributed by atoms with E-state index in [1.54, 1.807) is 6.20 Å². The number of hydrogen-bond donors (Lipinski definition) is 6. The van der Waals surface area contributed by atoms with Crippen LogP contribution in [0.3, 0.4) is 0 Å². The highest BCUT2D eigenvalue weighted by molar-refractivity contribution is 7.98. The third kappa shape index (κ3) is 7.00. The molecule has 0 spiro atoms. The first-order valence-corrected chi connectivity index (χ1v) is 11.0. The third-order valence-electron chi connectivity index (χ3n) is 4.69. The molecule has 0 aliphatic heterocycles. The number of para-hydroxylation sites is 1. The van der Waals surface area contributed by atoms with Gasteiger partial charge >= 0.3 is 11.9 Å². The van der Waals surface area contributed by atoms with Crippen LogP contribution < -0.4 is 16.4 Å². The summed E-state index contributed by atoms with van der Waals surface area (Å²) in [5.74, 6) is -3.38. The van der Waals surface area contributed by atoms with Gasteiger partial charge in [-0.3, -0.25) is 14.4 Å². The van der Waals surface area contributed by atoms with Gasteiger partial charge in [0.05, 0.1) is 12.5 Å². The molecule has 2 aromatic rings. The number of benzene rings is 1. The minimum Gasteiger partial charge on any atom is -0.481 e. The second-order valence-electron chi connectivity index (χ2n) is 7.01. The van der Waals surface area contributed by atoms with E-state index in [0.29, 0.717) is 5.75 Å². The number of aromatic amines is 1. The van der Waals surface area contributed by atoms with E-state index in [0.717, 1.165) is 16.5 Å². The number of carboxylic acids is 2. The van der Waals surface area contributed by atoms with Crippen molar-refractivity contribution < 1.29 is 29.4 Å². The highest BCUT2D eigenvalue weighted by atomic mass is 32.2. The summed E-state index contributed by atoms with van der Waals surface area (Å²) in [4.78, 5) is 50.6. The Morgan fingerprint density at radius 3 is 2.42 bits per heavy atom. The van der Waals surface area contributed by atoms with Crippen LogP contribution in [-0.2, 0) is 25.6 Å². The van der Waals surface area contributed by atoms with Gasteiger partial charge in [-0.2, -0.15) is 11.8 Å². The van der Waals surface area contributed by atoms with E-state index in [4.69, 9.17) is 10.8 Å². The molecule has 1 heterocycles. The number of carbonyl (C=O) groups excluding carboxylic acids is 2. The molecule has 3 atom stereocenters. The summed E-state index contributed by atoms with van der Waals surface area (Å²) in [6.45, 7) is 0. The first kappa shape index (κ1) is 24.2. The molecule has 2 rings (SSSR count). The molecule has 0 aliphatic carbocycles. The molecule has 0 aliphatic rings. The summed E-state index contributed by atoms with van der Waals surface area (Å²) in [6.07, 6.45) is 3.22. The fourth-order valence-corrected chi connectivity index (χ4v) is 3.53. The molecular formula is C20H26N4O6S. The zero-order valence-electron chi connectivity index (χ0n) is 17.0. The predicted octanol–water partition coefficient (Wildman–Crippen LogP) is 0.320. The Balaban J connectivity index is 2.11. The molecule has 2 amide bonds. The molecule has 168 valence electrons. The average molecular weight is 451 g/mol. The van der Waals surface area contributed by atoms with Crippen LogP contribution in [0.15, 0.2) is 30.5 Å². The summed E-state index contributed by atoms with van der Waals surface area (Å²) in [7, 11) is 0. The van der Waals surface area contributed by atoms with Crippen LogP contribution in [0.5, 0.6) is 0 Å². The Bertz CT molecular complexity index is 947. The van der Waals surface area contributed by atoms with Gasteiger partial charge in [-0.1, -0.05) is 18.2 Å². The van der Waals surface area contributed by atoms with E-state index in [2.05, 4.69) is 15.6 Å². The fraction of sp³-hybridized carbons (Fsp3) is 0.400. The Labute approximate surface area is 182 Å². The van der Waals surface area contributed by atoms with Gasteiger partial charge in [0.2, 0.25) is 11.8 Å². The van der Waals surface area contributed by atoms with Crippen LogP contribution in [0.1, 0.15) is 18.4 Å². The summed E-state index contributed by atoms with van der Waals surface area (Å²) in [6, 6.07) is 3.84. The summed E-state index contributed by atoms with van der Waals surface area (Å²) in [5, 5.41) is 24.2. The van der Waals surface area contributed by atoms with Gasteiger partial charge in [0.25, 0.3) is 0 Å². The Morgan fingerprint density at radius 2 is 1.77 bits per heavy atom. The van der Waals surface area contributed by atoms with Crippen molar-refractivity contribution in [2.75, 3.05) is 12.0 Å². The monoisotopic (exact) mass is 450 g/mol. The number of nitrogens with two attached hydrogens (primary N) is 1. The average Bonchev–Trinajstić information content (AvgIpc) is 3.12. The van der Waals surface area contributed by atoms with Crippen LogP contribution in [0.4, 0.5) is 0 Å². The first-order chi connectivity index (χ1) is 14.7. The van der Waals surface area contributed by atoms with Gasteiger partial charge < -0.3 is 31.6 Å². The molecule has 0 saturated heterocycles. The van der Waals surface area contributed by atoms with E-state index in [9.17, 15) is 24.3 Å². The number of thioether (sulfide) groups is 1. The molecular weight excluding hydrogens is 424 g/mol. The van der Waals surface area contributed by atoms with Crippen LogP contribution >= 0.6 is 11.8 Å². The maximum atomic E-state index is 12.8. The highest BCUT2D eigenvalue weighted by Gasteiger charge is 2.29. The van der Waals surface area contributed by atoms with Crippen LogP contribution in [0.25, 0.3) is 10.9 Å². The second kappa shape index (κ2) is 11.4. The van der Waals surface area contributed by atoms with Gasteiger partial charge in [-0.25, -0.2) is 4.79 Å². The quantitative estimate of drug-likeness (QED) is 0.268. The Kier molecular flexibility index (Phi) is 8.88. The number of carboxylic acid groups (broad SMARTS) is 2. The summed E-state index contributed by atoms with van der Waals surface area (Å²) in [5.41, 5.74) is 7.15. The number of nitrogens with one attached hydrogen (secondary N) is 3. The molecule has 10 nitrogen and oxygen atoms in total. The number of carbonyl (C=O) groups is 4. The minimum absolute atomic E-state index is 0.0484. The van der Waals surface area contributed by atoms with Crippen molar-refractivity contribution in [1.82, 2.24) is 15.6 Å². The van der Waals surface area contributed by atoms with E-state index in [1.165, 1.54) is 11.8 Å². The molecule has 1 aromatic heterocycles. The van der Waals surface area contributed by atoms with Crippen molar-refractivity contribution in [2.24, 2.45) is 5.73 Å². The lowest BCUT2D eigenvalue weighted by Crippen LogP contribution is -2.55. The van der Waals surface area contributed by atoms with Crippen molar-refractivity contribution in [3.8, 4) is 0 Å². The molecule has 3 unspecified atom stereocenters. The van der Waals surface area contributed by atoms with Crippen molar-refractivity contribution >= 4 is 46.4 Å². The lowest BCUT2D eigenvalue weighted by Gasteiger charge is -2.22. The van der Waals surface area contributed by atoms with E-state index < -0.39 is 48.3 Å². The predicted molar refractivity (Wildman–Crippen MR) is 117 cm³/mol. The second-order valence-corrected chi connectivity index (χ2v) is 8.00. The Morgan fingerprint density at radius 1 is 1.10 bits per heavy atom. The number of H-pyrrole nitrogens is 1. The number of fused-ring (bicyclic) bond motifs is 1. The van der Waals surface area contributed by atoms with Crippen molar-refractivity contribution in [2.45, 2.75) is 37.4 Å². The van der Waals surface area contributed by atoms with Gasteiger partial charge in [0.15, 0.2) is 0 Å². The maximum Gasteiger partial charge on any atom is 0.326 e. The van der Waals surface area contributed by atoms with E-state index in [-0.39, 0.29) is 12.8 Å². The van der Waals surface area contributed by atoms with Crippen molar-refractivity contribution in [1.29, 1.82) is 0 Å². The third-order valence-corrected chi connectivity index (χ3v) is 5.33. The SMILES string of the molecule is CSCCC(NC(=O)C(N)CC(=O)O)C(=O)NC(Cc1c[nH]c2ccccc12)C(=O)O. The van der Waals surface area contributed by atoms with Crippen molar-refractivity contribution in [3.63, 3.8) is 0 Å². The maximum absolute atomic E-state index is 12.8. The van der Waals surface area contributed by atoms with Gasteiger partial charge in [-0.05, 0) is 30.1 Å². The molecule has 0 fully saturated rings. The first-order valence-electron chi connectivity index (χ1n) is 9.57. The molecule has 0 bridgehead atoms. The lowest BCUT2D eigenvalue weighted by atomic mass is 10.0. The molecule has 7 N–H and O–H groups in total. The molecule has 0 radical (unpaired) electrons. The molecule has 1 aromatic carbocycles. The smallest absolute Gasteiger partial charge is 0.326 e. The van der Waals surface area contributed by atoms with E-state index in [1.807, 2.05) is 30.5 Å². The van der Waals surface area contributed by atoms with Gasteiger partial charge in [0, 0.05) is 23.5 Å². The van der Waals surface area contributed by atoms with Crippen LogP contribution in [-0.4, -0.2) is 69.1 Å². The minimum atomic E-state index is -1.32. The van der Waals surface area contributed by atoms with Gasteiger partial charge in [-0.15, -0.1) is 0 Å².